The molecule has 0 spiro atoms. The minimum atomic E-state index is -3.60. The van der Waals surface area contributed by atoms with Crippen LogP contribution in [-0.2, 0) is 16.6 Å². The maximum atomic E-state index is 12.4. The Morgan fingerprint density at radius 3 is 2.71 bits per heavy atom. The highest BCUT2D eigenvalue weighted by Crippen LogP contribution is 2.12. The van der Waals surface area contributed by atoms with E-state index in [4.69, 9.17) is 0 Å². The molecule has 0 aromatic carbocycles. The second kappa shape index (κ2) is 7.32. The number of piperazine rings is 1. The van der Waals surface area contributed by atoms with Gasteiger partial charge in [0, 0.05) is 38.3 Å². The lowest BCUT2D eigenvalue weighted by Gasteiger charge is -2.31. The highest BCUT2D eigenvalue weighted by Gasteiger charge is 2.25. The van der Waals surface area contributed by atoms with Crippen molar-refractivity contribution in [1.29, 1.82) is 0 Å². The number of aromatic amines is 1. The third-order valence-corrected chi connectivity index (χ3v) is 4.83. The minimum Gasteiger partial charge on any atom is -0.313 e. The molecule has 1 aliphatic heterocycles. The number of sulfonamides is 1. The van der Waals surface area contributed by atoms with Crippen molar-refractivity contribution in [2.24, 2.45) is 0 Å². The zero-order chi connectivity index (χ0) is 15.3. The Labute approximate surface area is 125 Å². The van der Waals surface area contributed by atoms with Gasteiger partial charge in [-0.05, 0) is 20.0 Å². The van der Waals surface area contributed by atoms with Crippen LogP contribution in [0.1, 0.15) is 18.9 Å². The number of nitrogens with zero attached hydrogens (tertiary/aromatic N) is 3. The van der Waals surface area contributed by atoms with Crippen molar-refractivity contribution in [3.8, 4) is 0 Å². The van der Waals surface area contributed by atoms with E-state index < -0.39 is 10.0 Å². The molecule has 9 heteroatoms. The molecule has 2 heterocycles. The van der Waals surface area contributed by atoms with E-state index in [0.717, 1.165) is 26.1 Å². The predicted octanol–water partition coefficient (Wildman–Crippen LogP) is -0.650. The molecule has 0 radical (unpaired) electrons. The first kappa shape index (κ1) is 16.4. The lowest BCUT2D eigenvalue weighted by atomic mass is 10.3. The van der Waals surface area contributed by atoms with Gasteiger partial charge in [0.1, 0.15) is 0 Å². The lowest BCUT2D eigenvalue weighted by molar-refractivity contribution is 0.134. The predicted molar refractivity (Wildman–Crippen MR) is 80.0 cm³/mol. The average Bonchev–Trinajstić information content (AvgIpc) is 2.91. The van der Waals surface area contributed by atoms with Gasteiger partial charge < -0.3 is 10.2 Å². The maximum absolute atomic E-state index is 12.4. The Morgan fingerprint density at radius 2 is 2.05 bits per heavy atom. The van der Waals surface area contributed by atoms with Crippen molar-refractivity contribution in [2.45, 2.75) is 24.9 Å². The van der Waals surface area contributed by atoms with Gasteiger partial charge in [0.2, 0.25) is 0 Å². The summed E-state index contributed by atoms with van der Waals surface area (Å²) in [5.41, 5.74) is 0.657. The lowest BCUT2D eigenvalue weighted by Crippen LogP contribution is -2.52. The van der Waals surface area contributed by atoms with Crippen LogP contribution in [-0.4, -0.2) is 68.3 Å². The average molecular weight is 316 g/mol. The molecule has 0 bridgehead atoms. The van der Waals surface area contributed by atoms with E-state index in [1.807, 2.05) is 7.05 Å². The van der Waals surface area contributed by atoms with Crippen LogP contribution in [0.3, 0.4) is 0 Å². The molecular weight excluding hydrogens is 292 g/mol. The zero-order valence-corrected chi connectivity index (χ0v) is 13.4. The highest BCUT2D eigenvalue weighted by molar-refractivity contribution is 7.89. The molecular formula is C12H24N6O2S. The third-order valence-electron chi connectivity index (χ3n) is 3.44. The van der Waals surface area contributed by atoms with Crippen molar-refractivity contribution in [3.63, 3.8) is 0 Å². The van der Waals surface area contributed by atoms with Crippen LogP contribution in [0.15, 0.2) is 11.2 Å². The molecule has 1 aromatic heterocycles. The van der Waals surface area contributed by atoms with Gasteiger partial charge in [-0.2, -0.15) is 5.10 Å². The monoisotopic (exact) mass is 316 g/mol. The number of rotatable bonds is 7. The molecule has 0 amide bonds. The van der Waals surface area contributed by atoms with Gasteiger partial charge in [0.05, 0.1) is 6.20 Å². The number of nitrogens with one attached hydrogen (secondary N) is 3. The Hall–Kier alpha value is -1.00. The van der Waals surface area contributed by atoms with Gasteiger partial charge >= 0.3 is 0 Å². The van der Waals surface area contributed by atoms with Gasteiger partial charge in [-0.15, -0.1) is 4.83 Å². The summed E-state index contributed by atoms with van der Waals surface area (Å²) in [4.78, 5) is 4.80. The fourth-order valence-electron chi connectivity index (χ4n) is 2.17. The second-order valence-electron chi connectivity index (χ2n) is 5.29. The molecule has 1 aliphatic rings. The molecule has 1 fully saturated rings. The Balaban J connectivity index is 2.00. The Kier molecular flexibility index (Phi) is 5.71. The largest absolute Gasteiger partial charge is 0.313 e. The fourth-order valence-corrected chi connectivity index (χ4v) is 3.43. The molecule has 1 saturated heterocycles. The summed E-state index contributed by atoms with van der Waals surface area (Å²) in [5.74, 6) is 0. The maximum Gasteiger partial charge on any atom is 0.270 e. The summed E-state index contributed by atoms with van der Waals surface area (Å²) in [6.07, 6.45) is 2.56. The highest BCUT2D eigenvalue weighted by atomic mass is 32.2. The van der Waals surface area contributed by atoms with Crippen molar-refractivity contribution < 1.29 is 8.42 Å². The smallest absolute Gasteiger partial charge is 0.270 e. The molecule has 3 N–H and O–H groups in total. The minimum absolute atomic E-state index is 0.144. The van der Waals surface area contributed by atoms with E-state index in [2.05, 4.69) is 32.2 Å². The summed E-state index contributed by atoms with van der Waals surface area (Å²) in [5, 5.41) is 11.5. The quantitative estimate of drug-likeness (QED) is 0.579. The Bertz CT molecular complexity index is 536. The number of hydrazine groups is 1. The van der Waals surface area contributed by atoms with Crippen LogP contribution >= 0.6 is 0 Å². The fraction of sp³-hybridized carbons (Fsp3) is 0.750. The van der Waals surface area contributed by atoms with E-state index in [9.17, 15) is 8.42 Å². The van der Waals surface area contributed by atoms with Gasteiger partial charge in [-0.25, -0.2) is 13.4 Å². The van der Waals surface area contributed by atoms with Crippen molar-refractivity contribution >= 4 is 10.0 Å². The molecule has 1 aromatic rings. The van der Waals surface area contributed by atoms with Gasteiger partial charge in [0.25, 0.3) is 10.0 Å². The van der Waals surface area contributed by atoms with Crippen LogP contribution in [0, 0.1) is 0 Å². The topological polar surface area (TPSA) is 93.4 Å². The molecule has 120 valence electrons. The van der Waals surface area contributed by atoms with Crippen LogP contribution in [0.25, 0.3) is 0 Å². The van der Waals surface area contributed by atoms with Crippen LogP contribution in [0.4, 0.5) is 0 Å². The van der Waals surface area contributed by atoms with E-state index in [1.165, 1.54) is 0 Å². The van der Waals surface area contributed by atoms with E-state index in [0.29, 0.717) is 25.2 Å². The van der Waals surface area contributed by atoms with E-state index in [1.54, 1.807) is 11.2 Å². The summed E-state index contributed by atoms with van der Waals surface area (Å²) in [6.45, 7) is 6.43. The summed E-state index contributed by atoms with van der Waals surface area (Å²) in [7, 11) is -1.58. The molecule has 8 nitrogen and oxygen atoms in total. The van der Waals surface area contributed by atoms with E-state index in [-0.39, 0.29) is 5.03 Å². The van der Waals surface area contributed by atoms with E-state index >= 15 is 0 Å². The summed E-state index contributed by atoms with van der Waals surface area (Å²) in [6, 6.07) is 0. The van der Waals surface area contributed by atoms with Crippen molar-refractivity contribution in [1.82, 2.24) is 30.3 Å². The zero-order valence-electron chi connectivity index (χ0n) is 12.6. The van der Waals surface area contributed by atoms with Crippen LogP contribution < -0.4 is 10.1 Å². The molecule has 0 atom stereocenters. The second-order valence-corrected chi connectivity index (χ2v) is 6.88. The summed E-state index contributed by atoms with van der Waals surface area (Å²) >= 11 is 0. The Morgan fingerprint density at radius 1 is 1.33 bits per heavy atom. The number of hydrogen-bond donors (Lipinski definition) is 3. The number of H-pyrrole nitrogens is 1. The summed E-state index contributed by atoms with van der Waals surface area (Å²) < 4.78 is 24.9. The van der Waals surface area contributed by atoms with Crippen molar-refractivity contribution in [2.75, 3.05) is 39.8 Å². The SMILES string of the molecule is CCCNCc1cn[nH]c1S(=O)(=O)NN1CCN(C)CC1. The molecule has 0 saturated carbocycles. The van der Waals surface area contributed by atoms with Gasteiger partial charge in [-0.1, -0.05) is 6.92 Å². The molecule has 0 unspecified atom stereocenters. The van der Waals surface area contributed by atoms with Crippen LogP contribution in [0.5, 0.6) is 0 Å². The number of hydrogen-bond acceptors (Lipinski definition) is 6. The first-order valence-corrected chi connectivity index (χ1v) is 8.70. The van der Waals surface area contributed by atoms with Crippen LogP contribution in [0.2, 0.25) is 0 Å². The number of aromatic nitrogens is 2. The van der Waals surface area contributed by atoms with Gasteiger partial charge in [0.15, 0.2) is 5.03 Å². The molecule has 0 aliphatic carbocycles. The molecule has 2 rings (SSSR count). The van der Waals surface area contributed by atoms with Gasteiger partial charge in [-0.3, -0.25) is 5.10 Å². The molecule has 21 heavy (non-hydrogen) atoms. The standard InChI is InChI=1S/C12H24N6O2S/c1-3-4-13-9-11-10-14-15-12(11)21(19,20)16-18-7-5-17(2)6-8-18/h10,13,16H,3-9H2,1-2H3,(H,14,15). The number of likely N-dealkylation sites (N-methyl/N-ethyl adjacent to an activating group) is 1. The normalized spacial score (nSPS) is 18.2. The third kappa shape index (κ3) is 4.48. The first-order chi connectivity index (χ1) is 10.0. The van der Waals surface area contributed by atoms with Crippen molar-refractivity contribution in [3.05, 3.63) is 11.8 Å². The first-order valence-electron chi connectivity index (χ1n) is 7.22.